The van der Waals surface area contributed by atoms with Crippen molar-refractivity contribution in [3.63, 3.8) is 0 Å². The molecule has 0 aromatic heterocycles. The molecule has 18 heavy (non-hydrogen) atoms. The van der Waals surface area contributed by atoms with Crippen molar-refractivity contribution in [1.29, 1.82) is 0 Å². The maximum absolute atomic E-state index is 13.1. The third kappa shape index (κ3) is 3.07. The zero-order valence-electron chi connectivity index (χ0n) is 10.7. The molecule has 1 aromatic rings. The van der Waals surface area contributed by atoms with Gasteiger partial charge in [-0.15, -0.1) is 0 Å². The summed E-state index contributed by atoms with van der Waals surface area (Å²) < 4.78 is 13.1. The van der Waals surface area contributed by atoms with E-state index >= 15 is 0 Å². The zero-order valence-corrected chi connectivity index (χ0v) is 10.7. The Kier molecular flexibility index (Phi) is 4.31. The van der Waals surface area contributed by atoms with Crippen LogP contribution >= 0.6 is 0 Å². The highest BCUT2D eigenvalue weighted by Crippen LogP contribution is 2.18. The second kappa shape index (κ2) is 5.96. The first-order valence-electron chi connectivity index (χ1n) is 6.39. The van der Waals surface area contributed by atoms with Gasteiger partial charge in [-0.3, -0.25) is 4.79 Å². The van der Waals surface area contributed by atoms with Crippen LogP contribution < -0.4 is 5.32 Å². The van der Waals surface area contributed by atoms with Crippen molar-refractivity contribution in [3.05, 3.63) is 35.6 Å². The highest BCUT2D eigenvalue weighted by molar-refractivity contribution is 5.79. The second-order valence-corrected chi connectivity index (χ2v) is 4.75. The van der Waals surface area contributed by atoms with Crippen molar-refractivity contribution in [2.75, 3.05) is 20.1 Å². The predicted molar refractivity (Wildman–Crippen MR) is 68.8 cm³/mol. The number of likely N-dealkylation sites (tertiary alicyclic amines) is 1. The molecule has 1 aromatic carbocycles. The van der Waals surface area contributed by atoms with Crippen molar-refractivity contribution in [2.45, 2.75) is 25.3 Å². The number of carbonyl (C=O) groups excluding carboxylic acids is 1. The number of likely N-dealkylation sites (N-methyl/N-ethyl adjacent to an activating group) is 1. The van der Waals surface area contributed by atoms with E-state index in [2.05, 4.69) is 5.32 Å². The lowest BCUT2D eigenvalue weighted by Gasteiger charge is -2.24. The summed E-state index contributed by atoms with van der Waals surface area (Å²) in [5.41, 5.74) is 0.745. The van der Waals surface area contributed by atoms with Crippen LogP contribution in [0.15, 0.2) is 24.3 Å². The van der Waals surface area contributed by atoms with E-state index in [-0.39, 0.29) is 24.2 Å². The number of carbonyl (C=O) groups is 1. The molecular weight excluding hydrogens is 231 g/mol. The fraction of sp³-hybridized carbons (Fsp3) is 0.500. The van der Waals surface area contributed by atoms with Crippen molar-refractivity contribution < 1.29 is 9.18 Å². The normalized spacial score (nSPS) is 19.2. The Balaban J connectivity index is 1.99. The zero-order chi connectivity index (χ0) is 13.0. The molecule has 1 heterocycles. The summed E-state index contributed by atoms with van der Waals surface area (Å²) in [5, 5.41) is 3.11. The summed E-state index contributed by atoms with van der Waals surface area (Å²) in [6.45, 7) is 1.65. The average Bonchev–Trinajstić information content (AvgIpc) is 2.78. The van der Waals surface area contributed by atoms with Crippen LogP contribution in [0.3, 0.4) is 0 Å². The summed E-state index contributed by atoms with van der Waals surface area (Å²) >= 11 is 0. The molecule has 0 radical (unpaired) electrons. The number of amides is 1. The van der Waals surface area contributed by atoms with Crippen molar-refractivity contribution in [1.82, 2.24) is 10.2 Å². The number of hydrogen-bond donors (Lipinski definition) is 1. The Morgan fingerprint density at radius 1 is 1.56 bits per heavy atom. The fourth-order valence-corrected chi connectivity index (χ4v) is 2.53. The molecule has 0 aliphatic carbocycles. The van der Waals surface area contributed by atoms with Crippen molar-refractivity contribution in [3.8, 4) is 0 Å². The molecule has 0 saturated carbocycles. The molecule has 1 unspecified atom stereocenters. The summed E-state index contributed by atoms with van der Waals surface area (Å²) in [5.74, 6) is -0.188. The summed E-state index contributed by atoms with van der Waals surface area (Å²) in [4.78, 5) is 14.1. The van der Waals surface area contributed by atoms with E-state index in [0.717, 1.165) is 31.5 Å². The summed E-state index contributed by atoms with van der Waals surface area (Å²) in [7, 11) is 1.90. The Hall–Kier alpha value is -1.42. The lowest BCUT2D eigenvalue weighted by atomic mass is 10.1. The smallest absolute Gasteiger partial charge is 0.227 e. The molecule has 0 bridgehead atoms. The van der Waals surface area contributed by atoms with Gasteiger partial charge in [-0.1, -0.05) is 12.1 Å². The van der Waals surface area contributed by atoms with Crippen LogP contribution in [0.5, 0.6) is 0 Å². The number of nitrogens with one attached hydrogen (secondary N) is 1. The summed E-state index contributed by atoms with van der Waals surface area (Å²) in [6.07, 6.45) is 2.40. The molecule has 3 nitrogen and oxygen atoms in total. The number of rotatable bonds is 4. The Bertz CT molecular complexity index is 422. The third-order valence-corrected chi connectivity index (χ3v) is 3.38. The van der Waals surface area contributed by atoms with Gasteiger partial charge in [0.25, 0.3) is 0 Å². The van der Waals surface area contributed by atoms with E-state index < -0.39 is 0 Å². The quantitative estimate of drug-likeness (QED) is 0.880. The molecular formula is C14H19FN2O. The number of benzene rings is 1. The van der Waals surface area contributed by atoms with Crippen molar-refractivity contribution >= 4 is 5.91 Å². The topological polar surface area (TPSA) is 32.3 Å². The maximum Gasteiger partial charge on any atom is 0.227 e. The van der Waals surface area contributed by atoms with Crippen molar-refractivity contribution in [2.24, 2.45) is 0 Å². The van der Waals surface area contributed by atoms with Gasteiger partial charge in [0.1, 0.15) is 5.82 Å². The SMILES string of the molecule is CNCC1CCCN1C(=O)Cc1cccc(F)c1. The first-order valence-corrected chi connectivity index (χ1v) is 6.39. The third-order valence-electron chi connectivity index (χ3n) is 3.38. The first-order chi connectivity index (χ1) is 8.70. The minimum Gasteiger partial charge on any atom is -0.338 e. The van der Waals surface area contributed by atoms with Gasteiger partial charge in [0, 0.05) is 19.1 Å². The van der Waals surface area contributed by atoms with Crippen LogP contribution in [0, 0.1) is 5.82 Å². The average molecular weight is 250 g/mol. The molecule has 4 heteroatoms. The van der Waals surface area contributed by atoms with Gasteiger partial charge in [0.15, 0.2) is 0 Å². The Morgan fingerprint density at radius 2 is 2.39 bits per heavy atom. The molecule has 1 amide bonds. The monoisotopic (exact) mass is 250 g/mol. The van der Waals surface area contributed by atoms with Crippen LogP contribution in [0.4, 0.5) is 4.39 Å². The number of hydrogen-bond acceptors (Lipinski definition) is 2. The van der Waals surface area contributed by atoms with Crippen LogP contribution in [0.25, 0.3) is 0 Å². The van der Waals surface area contributed by atoms with E-state index in [9.17, 15) is 9.18 Å². The van der Waals surface area contributed by atoms with Gasteiger partial charge in [-0.2, -0.15) is 0 Å². The van der Waals surface area contributed by atoms with Gasteiger partial charge in [-0.25, -0.2) is 4.39 Å². The lowest BCUT2D eigenvalue weighted by molar-refractivity contribution is -0.131. The van der Waals surface area contributed by atoms with E-state index in [4.69, 9.17) is 0 Å². The molecule has 2 rings (SSSR count). The highest BCUT2D eigenvalue weighted by atomic mass is 19.1. The highest BCUT2D eigenvalue weighted by Gasteiger charge is 2.27. The molecule has 1 aliphatic heterocycles. The van der Waals surface area contributed by atoms with Crippen LogP contribution in [0.2, 0.25) is 0 Å². The number of halogens is 1. The van der Waals surface area contributed by atoms with Gasteiger partial charge < -0.3 is 10.2 Å². The van der Waals surface area contributed by atoms with Crippen LogP contribution in [0.1, 0.15) is 18.4 Å². The van der Waals surface area contributed by atoms with Gasteiger partial charge in [-0.05, 0) is 37.6 Å². The van der Waals surface area contributed by atoms with Gasteiger partial charge in [0.2, 0.25) is 5.91 Å². The minimum absolute atomic E-state index is 0.0957. The number of nitrogens with zero attached hydrogens (tertiary/aromatic N) is 1. The molecule has 98 valence electrons. The summed E-state index contributed by atoms with van der Waals surface area (Å²) in [6, 6.07) is 6.56. The molecule has 1 N–H and O–H groups in total. The first kappa shape index (κ1) is 13.0. The maximum atomic E-state index is 13.1. The van der Waals surface area contributed by atoms with E-state index in [1.54, 1.807) is 12.1 Å². The minimum atomic E-state index is -0.284. The van der Waals surface area contributed by atoms with Crippen LogP contribution in [-0.2, 0) is 11.2 Å². The van der Waals surface area contributed by atoms with Gasteiger partial charge >= 0.3 is 0 Å². The second-order valence-electron chi connectivity index (χ2n) is 4.75. The lowest BCUT2D eigenvalue weighted by Crippen LogP contribution is -2.41. The molecule has 1 fully saturated rings. The Labute approximate surface area is 107 Å². The van der Waals surface area contributed by atoms with E-state index in [0.29, 0.717) is 0 Å². The largest absolute Gasteiger partial charge is 0.338 e. The fourth-order valence-electron chi connectivity index (χ4n) is 2.53. The Morgan fingerprint density at radius 3 is 3.11 bits per heavy atom. The molecule has 1 saturated heterocycles. The van der Waals surface area contributed by atoms with E-state index in [1.165, 1.54) is 12.1 Å². The standard InChI is InChI=1S/C14H19FN2O/c1-16-10-13-6-3-7-17(13)14(18)9-11-4-2-5-12(15)8-11/h2,4-5,8,13,16H,3,6-7,9-10H2,1H3. The molecule has 1 atom stereocenters. The molecule has 0 spiro atoms. The van der Waals surface area contributed by atoms with E-state index in [1.807, 2.05) is 11.9 Å². The van der Waals surface area contributed by atoms with Gasteiger partial charge in [0.05, 0.1) is 6.42 Å². The molecule has 1 aliphatic rings. The van der Waals surface area contributed by atoms with Crippen LogP contribution in [-0.4, -0.2) is 37.0 Å². The predicted octanol–water partition coefficient (Wildman–Crippen LogP) is 1.58.